The second-order valence-corrected chi connectivity index (χ2v) is 3.43. The molecule has 2 rings (SSSR count). The van der Waals surface area contributed by atoms with Gasteiger partial charge in [-0.2, -0.15) is 0 Å². The molecule has 1 aromatic carbocycles. The van der Waals surface area contributed by atoms with E-state index in [1.165, 1.54) is 16.8 Å². The minimum atomic E-state index is 0.972. The van der Waals surface area contributed by atoms with Crippen LogP contribution in [0.3, 0.4) is 0 Å². The molecule has 0 aliphatic heterocycles. The number of hydrogen-bond acceptors (Lipinski definition) is 1. The highest BCUT2D eigenvalue weighted by atomic mass is 14.9. The predicted octanol–water partition coefficient (Wildman–Crippen LogP) is 2.95. The minimum Gasteiger partial charge on any atom is -0.342 e. The van der Waals surface area contributed by atoms with Crippen LogP contribution in [0.4, 0.5) is 0 Å². The van der Waals surface area contributed by atoms with E-state index in [0.29, 0.717) is 0 Å². The Bertz CT molecular complexity index is 429. The topological polar surface area (TPSA) is 28.7 Å². The standard InChI is InChI=1S/C12H14N2/c1-3-10-8-13-12(14-10)11-7-5-4-6-9(11)2/h4-8H,3H2,1-2H3,(H,13,14). The first-order chi connectivity index (χ1) is 6.81. The smallest absolute Gasteiger partial charge is 0.137 e. The van der Waals surface area contributed by atoms with E-state index >= 15 is 0 Å². The molecule has 0 unspecified atom stereocenters. The van der Waals surface area contributed by atoms with E-state index in [1.54, 1.807) is 0 Å². The number of rotatable bonds is 2. The van der Waals surface area contributed by atoms with E-state index in [9.17, 15) is 0 Å². The quantitative estimate of drug-likeness (QED) is 0.767. The Hall–Kier alpha value is -1.57. The normalized spacial score (nSPS) is 10.4. The molecule has 2 aromatic rings. The Morgan fingerprint density at radius 1 is 1.29 bits per heavy atom. The SMILES string of the molecule is CCc1cnc(-c2ccccc2C)[nH]1. The Balaban J connectivity index is 2.44. The third-order valence-electron chi connectivity index (χ3n) is 2.41. The van der Waals surface area contributed by atoms with Gasteiger partial charge in [-0.05, 0) is 18.9 Å². The van der Waals surface area contributed by atoms with Crippen LogP contribution in [0, 0.1) is 6.92 Å². The summed E-state index contributed by atoms with van der Waals surface area (Å²) in [5, 5.41) is 0. The molecule has 0 atom stereocenters. The lowest BCUT2D eigenvalue weighted by molar-refractivity contribution is 1.06. The molecule has 0 saturated heterocycles. The molecule has 0 radical (unpaired) electrons. The number of H-pyrrole nitrogens is 1. The largest absolute Gasteiger partial charge is 0.342 e. The zero-order chi connectivity index (χ0) is 9.97. The Morgan fingerprint density at radius 2 is 2.07 bits per heavy atom. The molecule has 0 aliphatic rings. The van der Waals surface area contributed by atoms with Gasteiger partial charge in [0.05, 0.1) is 0 Å². The first-order valence-corrected chi connectivity index (χ1v) is 4.91. The summed E-state index contributed by atoms with van der Waals surface area (Å²) in [7, 11) is 0. The zero-order valence-electron chi connectivity index (χ0n) is 8.54. The van der Waals surface area contributed by atoms with Gasteiger partial charge in [0.15, 0.2) is 0 Å². The van der Waals surface area contributed by atoms with Crippen molar-refractivity contribution in [2.45, 2.75) is 20.3 Å². The molecule has 1 heterocycles. The maximum absolute atomic E-state index is 4.36. The van der Waals surface area contributed by atoms with Crippen molar-refractivity contribution in [3.05, 3.63) is 41.7 Å². The number of hydrogen-bond donors (Lipinski definition) is 1. The second-order valence-electron chi connectivity index (χ2n) is 3.43. The minimum absolute atomic E-state index is 0.972. The summed E-state index contributed by atoms with van der Waals surface area (Å²) >= 11 is 0. The summed E-state index contributed by atoms with van der Waals surface area (Å²) in [5.74, 6) is 0.972. The Morgan fingerprint density at radius 3 is 2.71 bits per heavy atom. The molecule has 0 saturated carbocycles. The molecule has 0 aliphatic carbocycles. The van der Waals surface area contributed by atoms with Gasteiger partial charge < -0.3 is 4.98 Å². The van der Waals surface area contributed by atoms with Crippen LogP contribution in [-0.2, 0) is 6.42 Å². The van der Waals surface area contributed by atoms with E-state index in [1.807, 2.05) is 18.3 Å². The van der Waals surface area contributed by atoms with Crippen LogP contribution in [0.25, 0.3) is 11.4 Å². The summed E-state index contributed by atoms with van der Waals surface area (Å²) in [5.41, 5.74) is 3.62. The molecule has 0 fully saturated rings. The maximum atomic E-state index is 4.36. The second kappa shape index (κ2) is 3.66. The number of aryl methyl sites for hydroxylation is 2. The van der Waals surface area contributed by atoms with Crippen LogP contribution in [-0.4, -0.2) is 9.97 Å². The lowest BCUT2D eigenvalue weighted by Crippen LogP contribution is -1.85. The average Bonchev–Trinajstić information content (AvgIpc) is 2.67. The monoisotopic (exact) mass is 186 g/mol. The summed E-state index contributed by atoms with van der Waals surface area (Å²) in [6, 6.07) is 8.27. The fourth-order valence-electron chi connectivity index (χ4n) is 1.51. The fraction of sp³-hybridized carbons (Fsp3) is 0.250. The number of aromatic nitrogens is 2. The molecule has 14 heavy (non-hydrogen) atoms. The van der Waals surface area contributed by atoms with Crippen molar-refractivity contribution in [1.29, 1.82) is 0 Å². The van der Waals surface area contributed by atoms with Crippen LogP contribution in [0.1, 0.15) is 18.2 Å². The molecule has 1 aromatic heterocycles. The Labute approximate surface area is 84.0 Å². The summed E-state index contributed by atoms with van der Waals surface area (Å²) < 4.78 is 0. The van der Waals surface area contributed by atoms with Gasteiger partial charge in [-0.1, -0.05) is 31.2 Å². The maximum Gasteiger partial charge on any atom is 0.137 e. The molecular weight excluding hydrogens is 172 g/mol. The molecule has 72 valence electrons. The fourth-order valence-corrected chi connectivity index (χ4v) is 1.51. The molecule has 0 amide bonds. The molecule has 0 spiro atoms. The highest BCUT2D eigenvalue weighted by molar-refractivity contribution is 5.59. The first kappa shape index (κ1) is 9.00. The van der Waals surface area contributed by atoms with Crippen LogP contribution >= 0.6 is 0 Å². The van der Waals surface area contributed by atoms with Gasteiger partial charge >= 0.3 is 0 Å². The van der Waals surface area contributed by atoms with Gasteiger partial charge in [0.1, 0.15) is 5.82 Å². The van der Waals surface area contributed by atoms with Gasteiger partial charge in [0.25, 0.3) is 0 Å². The molecular formula is C12H14N2. The first-order valence-electron chi connectivity index (χ1n) is 4.91. The molecule has 1 N–H and O–H groups in total. The van der Waals surface area contributed by atoms with Crippen molar-refractivity contribution in [3.63, 3.8) is 0 Å². The third-order valence-corrected chi connectivity index (χ3v) is 2.41. The van der Waals surface area contributed by atoms with Gasteiger partial charge in [-0.25, -0.2) is 4.98 Å². The lowest BCUT2D eigenvalue weighted by atomic mass is 10.1. The van der Waals surface area contributed by atoms with Crippen molar-refractivity contribution >= 4 is 0 Å². The van der Waals surface area contributed by atoms with E-state index in [-0.39, 0.29) is 0 Å². The summed E-state index contributed by atoms with van der Waals surface area (Å²) in [6.07, 6.45) is 2.90. The van der Waals surface area contributed by atoms with Crippen LogP contribution in [0.2, 0.25) is 0 Å². The molecule has 2 nitrogen and oxygen atoms in total. The number of aromatic amines is 1. The Kier molecular flexibility index (Phi) is 2.35. The number of nitrogens with zero attached hydrogens (tertiary/aromatic N) is 1. The predicted molar refractivity (Wildman–Crippen MR) is 58.1 cm³/mol. The van der Waals surface area contributed by atoms with Crippen molar-refractivity contribution in [3.8, 4) is 11.4 Å². The summed E-state index contributed by atoms with van der Waals surface area (Å²) in [6.45, 7) is 4.22. The van der Waals surface area contributed by atoms with Gasteiger partial charge in [0.2, 0.25) is 0 Å². The summed E-state index contributed by atoms with van der Waals surface area (Å²) in [4.78, 5) is 7.67. The zero-order valence-corrected chi connectivity index (χ0v) is 8.54. The number of benzene rings is 1. The van der Waals surface area contributed by atoms with E-state index < -0.39 is 0 Å². The van der Waals surface area contributed by atoms with Gasteiger partial charge in [-0.3, -0.25) is 0 Å². The highest BCUT2D eigenvalue weighted by Gasteiger charge is 2.04. The van der Waals surface area contributed by atoms with Crippen LogP contribution in [0.15, 0.2) is 30.5 Å². The van der Waals surface area contributed by atoms with Gasteiger partial charge in [0, 0.05) is 17.5 Å². The van der Waals surface area contributed by atoms with E-state index in [2.05, 4.69) is 35.9 Å². The van der Waals surface area contributed by atoms with E-state index in [4.69, 9.17) is 0 Å². The number of imidazole rings is 1. The van der Waals surface area contributed by atoms with Crippen LogP contribution < -0.4 is 0 Å². The third kappa shape index (κ3) is 1.55. The lowest BCUT2D eigenvalue weighted by Gasteiger charge is -2.00. The van der Waals surface area contributed by atoms with Crippen LogP contribution in [0.5, 0.6) is 0 Å². The van der Waals surface area contributed by atoms with Crippen molar-refractivity contribution in [2.75, 3.05) is 0 Å². The molecule has 2 heteroatoms. The van der Waals surface area contributed by atoms with Crippen molar-refractivity contribution < 1.29 is 0 Å². The van der Waals surface area contributed by atoms with E-state index in [0.717, 1.165) is 12.2 Å². The van der Waals surface area contributed by atoms with Crippen molar-refractivity contribution in [2.24, 2.45) is 0 Å². The average molecular weight is 186 g/mol. The molecule has 0 bridgehead atoms. The van der Waals surface area contributed by atoms with Crippen molar-refractivity contribution in [1.82, 2.24) is 9.97 Å². The van der Waals surface area contributed by atoms with Gasteiger partial charge in [-0.15, -0.1) is 0 Å². The highest BCUT2D eigenvalue weighted by Crippen LogP contribution is 2.19. The number of nitrogens with one attached hydrogen (secondary N) is 1.